The van der Waals surface area contributed by atoms with Gasteiger partial charge in [-0.15, -0.1) is 0 Å². The van der Waals surface area contributed by atoms with E-state index in [4.69, 9.17) is 0 Å². The Morgan fingerprint density at radius 3 is 2.88 bits per heavy atom. The van der Waals surface area contributed by atoms with E-state index in [1.807, 2.05) is 18.2 Å². The molecule has 1 fully saturated rings. The van der Waals surface area contributed by atoms with Crippen molar-refractivity contribution < 1.29 is 9.59 Å². The highest BCUT2D eigenvalue weighted by molar-refractivity contribution is 5.85. The quantitative estimate of drug-likeness (QED) is 0.748. The van der Waals surface area contributed by atoms with Crippen LogP contribution in [0, 0.1) is 0 Å². The molecule has 1 aliphatic rings. The minimum absolute atomic E-state index is 0.0751. The van der Waals surface area contributed by atoms with E-state index < -0.39 is 0 Å². The van der Waals surface area contributed by atoms with E-state index in [2.05, 4.69) is 10.2 Å². The van der Waals surface area contributed by atoms with Crippen LogP contribution in [-0.2, 0) is 4.79 Å². The summed E-state index contributed by atoms with van der Waals surface area (Å²) in [6, 6.07) is 7.46. The lowest BCUT2D eigenvalue weighted by Gasteiger charge is -2.23. The van der Waals surface area contributed by atoms with Crippen molar-refractivity contribution in [3.05, 3.63) is 29.8 Å². The van der Waals surface area contributed by atoms with Crippen molar-refractivity contribution in [2.75, 3.05) is 24.5 Å². The number of nitrogens with zero attached hydrogens (tertiary/aromatic N) is 1. The first kappa shape index (κ1) is 10.7. The largest absolute Gasteiger partial charge is 0.369 e. The van der Waals surface area contributed by atoms with E-state index in [9.17, 15) is 9.59 Å². The second-order valence-corrected chi connectivity index (χ2v) is 3.76. The number of hydrogen-bond acceptors (Lipinski definition) is 3. The van der Waals surface area contributed by atoms with Gasteiger partial charge >= 0.3 is 0 Å². The summed E-state index contributed by atoms with van der Waals surface area (Å²) in [5, 5.41) is 2.81. The summed E-state index contributed by atoms with van der Waals surface area (Å²) >= 11 is 0. The number of para-hydroxylation sites is 1. The SMILES string of the molecule is O=Cc1ccccc1N1CCNC(=O)CC1. The topological polar surface area (TPSA) is 49.4 Å². The predicted molar refractivity (Wildman–Crippen MR) is 61.7 cm³/mol. The maximum absolute atomic E-state index is 11.2. The molecule has 0 bridgehead atoms. The Balaban J connectivity index is 2.22. The number of nitrogens with one attached hydrogen (secondary N) is 1. The van der Waals surface area contributed by atoms with Crippen LogP contribution in [0.25, 0.3) is 0 Å². The number of carbonyl (C=O) groups excluding carboxylic acids is 2. The molecule has 0 atom stereocenters. The van der Waals surface area contributed by atoms with Gasteiger partial charge in [0.25, 0.3) is 0 Å². The van der Waals surface area contributed by atoms with Gasteiger partial charge in [0.05, 0.1) is 0 Å². The molecule has 1 aliphatic heterocycles. The molecule has 4 nitrogen and oxygen atoms in total. The van der Waals surface area contributed by atoms with Crippen LogP contribution >= 0.6 is 0 Å². The lowest BCUT2D eigenvalue weighted by atomic mass is 10.1. The Morgan fingerprint density at radius 1 is 1.25 bits per heavy atom. The van der Waals surface area contributed by atoms with Crippen LogP contribution in [0.3, 0.4) is 0 Å². The predicted octanol–water partition coefficient (Wildman–Crippen LogP) is 0.825. The minimum atomic E-state index is 0.0751. The van der Waals surface area contributed by atoms with Gasteiger partial charge < -0.3 is 10.2 Å². The minimum Gasteiger partial charge on any atom is -0.369 e. The normalized spacial score (nSPS) is 16.5. The number of hydrogen-bond donors (Lipinski definition) is 1. The fourth-order valence-electron chi connectivity index (χ4n) is 1.88. The van der Waals surface area contributed by atoms with Gasteiger partial charge in [-0.1, -0.05) is 12.1 Å². The molecule has 0 aromatic heterocycles. The first-order valence-electron chi connectivity index (χ1n) is 5.37. The summed E-state index contributed by atoms with van der Waals surface area (Å²) in [4.78, 5) is 24.2. The van der Waals surface area contributed by atoms with E-state index in [0.717, 1.165) is 18.5 Å². The highest BCUT2D eigenvalue weighted by atomic mass is 16.1. The highest BCUT2D eigenvalue weighted by Gasteiger charge is 2.15. The Labute approximate surface area is 94.2 Å². The first-order chi connectivity index (χ1) is 7.81. The van der Waals surface area contributed by atoms with Crippen LogP contribution in [0.15, 0.2) is 24.3 Å². The molecule has 1 amide bonds. The third kappa shape index (κ3) is 2.21. The Kier molecular flexibility index (Phi) is 3.19. The van der Waals surface area contributed by atoms with Crippen LogP contribution in [0.4, 0.5) is 5.69 Å². The second-order valence-electron chi connectivity index (χ2n) is 3.76. The molecular formula is C12H14N2O2. The van der Waals surface area contributed by atoms with Gasteiger partial charge in [-0.25, -0.2) is 0 Å². The number of aldehydes is 1. The fraction of sp³-hybridized carbons (Fsp3) is 0.333. The Bertz CT molecular complexity index is 404. The second kappa shape index (κ2) is 4.79. The van der Waals surface area contributed by atoms with E-state index in [0.29, 0.717) is 25.1 Å². The van der Waals surface area contributed by atoms with Crippen molar-refractivity contribution in [3.8, 4) is 0 Å². The molecule has 0 aliphatic carbocycles. The molecular weight excluding hydrogens is 204 g/mol. The van der Waals surface area contributed by atoms with Crippen molar-refractivity contribution in [2.45, 2.75) is 6.42 Å². The number of carbonyl (C=O) groups is 2. The van der Waals surface area contributed by atoms with E-state index in [-0.39, 0.29) is 5.91 Å². The van der Waals surface area contributed by atoms with Crippen LogP contribution in [0.2, 0.25) is 0 Å². The number of benzene rings is 1. The summed E-state index contributed by atoms with van der Waals surface area (Å²) in [5.74, 6) is 0.0751. The zero-order valence-corrected chi connectivity index (χ0v) is 8.98. The molecule has 0 radical (unpaired) electrons. The summed E-state index contributed by atoms with van der Waals surface area (Å²) in [6.07, 6.45) is 1.34. The maximum Gasteiger partial charge on any atom is 0.221 e. The van der Waals surface area contributed by atoms with Crippen molar-refractivity contribution in [1.82, 2.24) is 5.32 Å². The maximum atomic E-state index is 11.2. The zero-order chi connectivity index (χ0) is 11.4. The summed E-state index contributed by atoms with van der Waals surface area (Å²) in [6.45, 7) is 2.04. The van der Waals surface area contributed by atoms with Gasteiger partial charge in [-0.05, 0) is 12.1 Å². The highest BCUT2D eigenvalue weighted by Crippen LogP contribution is 2.19. The van der Waals surface area contributed by atoms with Gasteiger partial charge in [0.1, 0.15) is 0 Å². The summed E-state index contributed by atoms with van der Waals surface area (Å²) in [5.41, 5.74) is 1.59. The zero-order valence-electron chi connectivity index (χ0n) is 8.98. The van der Waals surface area contributed by atoms with Crippen LogP contribution in [0.1, 0.15) is 16.8 Å². The molecule has 0 unspecified atom stereocenters. The van der Waals surface area contributed by atoms with E-state index in [1.165, 1.54) is 0 Å². The van der Waals surface area contributed by atoms with Crippen molar-refractivity contribution in [3.63, 3.8) is 0 Å². The third-order valence-corrected chi connectivity index (χ3v) is 2.72. The van der Waals surface area contributed by atoms with Crippen molar-refractivity contribution >= 4 is 17.9 Å². The van der Waals surface area contributed by atoms with E-state index in [1.54, 1.807) is 6.07 Å². The number of amides is 1. The van der Waals surface area contributed by atoms with Gasteiger partial charge in [0.15, 0.2) is 6.29 Å². The van der Waals surface area contributed by atoms with Crippen LogP contribution in [0.5, 0.6) is 0 Å². The van der Waals surface area contributed by atoms with Gasteiger partial charge in [-0.2, -0.15) is 0 Å². The van der Waals surface area contributed by atoms with Crippen molar-refractivity contribution in [1.29, 1.82) is 0 Å². The summed E-state index contributed by atoms with van der Waals surface area (Å²) in [7, 11) is 0. The molecule has 1 heterocycles. The van der Waals surface area contributed by atoms with Crippen LogP contribution < -0.4 is 10.2 Å². The molecule has 0 saturated carbocycles. The molecule has 1 saturated heterocycles. The summed E-state index contributed by atoms with van der Waals surface area (Å²) < 4.78 is 0. The van der Waals surface area contributed by atoms with Gasteiger partial charge in [0, 0.05) is 37.3 Å². The molecule has 84 valence electrons. The Morgan fingerprint density at radius 2 is 2.06 bits per heavy atom. The molecule has 1 N–H and O–H groups in total. The molecule has 1 aromatic rings. The van der Waals surface area contributed by atoms with E-state index >= 15 is 0 Å². The smallest absolute Gasteiger partial charge is 0.221 e. The molecule has 1 aromatic carbocycles. The molecule has 0 spiro atoms. The average molecular weight is 218 g/mol. The lowest BCUT2D eigenvalue weighted by molar-refractivity contribution is -0.120. The van der Waals surface area contributed by atoms with Crippen molar-refractivity contribution in [2.24, 2.45) is 0 Å². The van der Waals surface area contributed by atoms with Gasteiger partial charge in [-0.3, -0.25) is 9.59 Å². The average Bonchev–Trinajstić information content (AvgIpc) is 2.54. The molecule has 2 rings (SSSR count). The third-order valence-electron chi connectivity index (χ3n) is 2.72. The number of anilines is 1. The number of rotatable bonds is 2. The van der Waals surface area contributed by atoms with Gasteiger partial charge in [0.2, 0.25) is 5.91 Å². The molecule has 16 heavy (non-hydrogen) atoms. The lowest BCUT2D eigenvalue weighted by Crippen LogP contribution is -2.29. The first-order valence-corrected chi connectivity index (χ1v) is 5.37. The standard InChI is InChI=1S/C12H14N2O2/c15-9-10-3-1-2-4-11(10)14-7-5-12(16)13-6-8-14/h1-4,9H,5-8H2,(H,13,16). The molecule has 4 heteroatoms. The van der Waals surface area contributed by atoms with Crippen LogP contribution in [-0.4, -0.2) is 31.8 Å². The fourth-order valence-corrected chi connectivity index (χ4v) is 1.88. The monoisotopic (exact) mass is 218 g/mol. The Hall–Kier alpha value is -1.84.